The molecule has 2 atom stereocenters. The molecule has 7 heteroatoms. The van der Waals surface area contributed by atoms with Crippen LogP contribution in [0.25, 0.3) is 0 Å². The van der Waals surface area contributed by atoms with Crippen LogP contribution < -0.4 is 0 Å². The first-order valence-electron chi connectivity index (χ1n) is 9.22. The van der Waals surface area contributed by atoms with Gasteiger partial charge in [-0.3, -0.25) is 0 Å². The summed E-state index contributed by atoms with van der Waals surface area (Å²) in [5.41, 5.74) is 1.97. The van der Waals surface area contributed by atoms with Gasteiger partial charge in [-0.25, -0.2) is 9.59 Å². The number of rotatable bonds is 2. The second kappa shape index (κ2) is 16.7. The van der Waals surface area contributed by atoms with Gasteiger partial charge in [0.05, 0.1) is 11.1 Å². The van der Waals surface area contributed by atoms with Crippen LogP contribution in [0, 0.1) is 46.8 Å². The van der Waals surface area contributed by atoms with E-state index < -0.39 is 24.1 Å². The molecule has 0 saturated heterocycles. The summed E-state index contributed by atoms with van der Waals surface area (Å²) in [6, 6.07) is 12.6. The van der Waals surface area contributed by atoms with E-state index in [2.05, 4.69) is 62.7 Å². The highest BCUT2D eigenvalue weighted by molar-refractivity contribution is 9.12. The molecule has 0 heterocycles. The Morgan fingerprint density at radius 3 is 1.48 bits per heavy atom. The van der Waals surface area contributed by atoms with Crippen LogP contribution >= 0.6 is 15.9 Å². The number of hydrogen-bond donors (Lipinski definition) is 4. The Bertz CT molecular complexity index is 1140. The van der Waals surface area contributed by atoms with Gasteiger partial charge in [-0.15, -0.1) is 6.42 Å². The van der Waals surface area contributed by atoms with Crippen LogP contribution in [0.2, 0.25) is 0 Å². The third-order valence-corrected chi connectivity index (χ3v) is 3.45. The van der Waals surface area contributed by atoms with Gasteiger partial charge in [-0.2, -0.15) is 0 Å². The number of aliphatic hydroxyl groups is 2. The third-order valence-electron chi connectivity index (χ3n) is 3.25. The van der Waals surface area contributed by atoms with Gasteiger partial charge in [-0.05, 0) is 79.0 Å². The molecular weight excluding hydrogens is 488 g/mol. The zero-order valence-electron chi connectivity index (χ0n) is 17.8. The zero-order chi connectivity index (χ0) is 25.2. The fourth-order valence-electron chi connectivity index (χ4n) is 1.69. The van der Waals surface area contributed by atoms with Gasteiger partial charge in [0.15, 0.2) is 0 Å². The Kier molecular flexibility index (Phi) is 14.7. The van der Waals surface area contributed by atoms with Crippen LogP contribution in [-0.2, 0) is 0 Å². The minimum Gasteiger partial charge on any atom is -0.478 e. The van der Waals surface area contributed by atoms with Crippen molar-refractivity contribution in [3.8, 4) is 46.8 Å². The molecule has 4 N–H and O–H groups in total. The Morgan fingerprint density at radius 1 is 0.788 bits per heavy atom. The Labute approximate surface area is 201 Å². The van der Waals surface area contributed by atoms with Crippen LogP contribution in [0.5, 0.6) is 0 Å². The van der Waals surface area contributed by atoms with Crippen LogP contribution in [0.3, 0.4) is 0 Å². The fourth-order valence-corrected chi connectivity index (χ4v) is 1.92. The summed E-state index contributed by atoms with van der Waals surface area (Å²) in [4.78, 5) is 23.5. The van der Waals surface area contributed by atoms with Gasteiger partial charge in [-0.1, -0.05) is 23.7 Å². The van der Waals surface area contributed by atoms with E-state index in [-0.39, 0.29) is 11.1 Å². The first kappa shape index (κ1) is 29.0. The maximum Gasteiger partial charge on any atom is 0.335 e. The fraction of sp³-hybridized carbons (Fsp3) is 0.154. The van der Waals surface area contributed by atoms with Crippen molar-refractivity contribution >= 4 is 27.9 Å². The third kappa shape index (κ3) is 14.6. The van der Waals surface area contributed by atoms with Gasteiger partial charge < -0.3 is 20.4 Å². The normalized spacial score (nSPS) is 10.1. The SMILES string of the molecule is C#C[C@H](C)O.C[C@H](O)C#CC#Cc1ccc(C(=O)O)cc1.O=C(O)c1ccc(C#CBr)cc1. The summed E-state index contributed by atoms with van der Waals surface area (Å²) < 4.78 is 0. The highest BCUT2D eigenvalue weighted by Crippen LogP contribution is 2.03. The molecule has 2 rings (SSSR count). The van der Waals surface area contributed by atoms with Crippen molar-refractivity contribution in [2.75, 3.05) is 0 Å². The molecule has 0 aliphatic heterocycles. The van der Waals surface area contributed by atoms with Crippen LogP contribution in [0.1, 0.15) is 45.7 Å². The predicted octanol–water partition coefficient (Wildman–Crippen LogP) is 3.21. The largest absolute Gasteiger partial charge is 0.478 e. The van der Waals surface area contributed by atoms with Gasteiger partial charge >= 0.3 is 11.9 Å². The number of carboxylic acid groups (broad SMARTS) is 2. The van der Waals surface area contributed by atoms with Crippen molar-refractivity contribution in [2.24, 2.45) is 0 Å². The molecule has 2 aromatic carbocycles. The van der Waals surface area contributed by atoms with E-state index in [1.54, 1.807) is 38.1 Å². The number of hydrogen-bond acceptors (Lipinski definition) is 4. The van der Waals surface area contributed by atoms with Crippen LogP contribution in [0.15, 0.2) is 48.5 Å². The Morgan fingerprint density at radius 2 is 1.18 bits per heavy atom. The van der Waals surface area contributed by atoms with Crippen molar-refractivity contribution < 1.29 is 30.0 Å². The maximum absolute atomic E-state index is 10.6. The van der Waals surface area contributed by atoms with Crippen LogP contribution in [-0.4, -0.2) is 44.6 Å². The molecule has 0 amide bonds. The van der Waals surface area contributed by atoms with E-state index in [4.69, 9.17) is 20.4 Å². The van der Waals surface area contributed by atoms with E-state index in [1.165, 1.54) is 24.3 Å². The number of aliphatic hydroxyl groups excluding tert-OH is 2. The van der Waals surface area contributed by atoms with Gasteiger partial charge in [0.1, 0.15) is 12.2 Å². The molecule has 0 spiro atoms. The molecule has 0 saturated carbocycles. The lowest BCUT2D eigenvalue weighted by atomic mass is 10.1. The molecule has 0 bridgehead atoms. The summed E-state index contributed by atoms with van der Waals surface area (Å²) in [5, 5.41) is 34.2. The molecular formula is C26H21BrO6. The summed E-state index contributed by atoms with van der Waals surface area (Å²) in [7, 11) is 0. The first-order chi connectivity index (χ1) is 15.6. The minimum absolute atomic E-state index is 0.223. The van der Waals surface area contributed by atoms with E-state index in [9.17, 15) is 9.59 Å². The van der Waals surface area contributed by atoms with Crippen molar-refractivity contribution in [1.82, 2.24) is 0 Å². The van der Waals surface area contributed by atoms with Crippen molar-refractivity contribution in [2.45, 2.75) is 26.1 Å². The van der Waals surface area contributed by atoms with Gasteiger partial charge in [0, 0.05) is 27.1 Å². The number of terminal acetylenes is 1. The number of halogens is 1. The number of carbonyl (C=O) groups is 2. The minimum atomic E-state index is -0.964. The molecule has 2 aromatic rings. The van der Waals surface area contributed by atoms with Gasteiger partial charge in [0.2, 0.25) is 0 Å². The Balaban J connectivity index is 0.000000530. The zero-order valence-corrected chi connectivity index (χ0v) is 19.4. The standard InChI is InChI=1S/C13H10O3.C9H5BrO2.C4H6O/c1-10(14)4-2-3-5-11-6-8-12(9-7-11)13(15)16;10-6-5-7-1-3-8(4-2-7)9(11)12;1-3-4(2)5/h6-10,14H,1H3,(H,15,16);1-4H,(H,11,12);1,4-5H,2H3/t10-;;4-/m0.0/s1. The highest BCUT2D eigenvalue weighted by atomic mass is 79.9. The molecule has 0 aliphatic rings. The molecule has 0 radical (unpaired) electrons. The highest BCUT2D eigenvalue weighted by Gasteiger charge is 2.00. The molecule has 33 heavy (non-hydrogen) atoms. The molecule has 0 unspecified atom stereocenters. The molecule has 6 nitrogen and oxygen atoms in total. The van der Waals surface area contributed by atoms with Gasteiger partial charge in [0.25, 0.3) is 0 Å². The average molecular weight is 509 g/mol. The summed E-state index contributed by atoms with van der Waals surface area (Å²) >= 11 is 2.96. The lowest BCUT2D eigenvalue weighted by Gasteiger charge is -1.92. The van der Waals surface area contributed by atoms with E-state index >= 15 is 0 Å². The van der Waals surface area contributed by atoms with E-state index in [1.807, 2.05) is 0 Å². The van der Waals surface area contributed by atoms with Crippen molar-refractivity contribution in [1.29, 1.82) is 0 Å². The number of aromatic carboxylic acids is 2. The Hall–Kier alpha value is -3.98. The molecule has 0 aliphatic carbocycles. The molecule has 0 aromatic heterocycles. The quantitative estimate of drug-likeness (QED) is 0.463. The lowest BCUT2D eigenvalue weighted by molar-refractivity contribution is 0.0686. The monoisotopic (exact) mass is 508 g/mol. The molecule has 0 fully saturated rings. The lowest BCUT2D eigenvalue weighted by Crippen LogP contribution is -1.94. The topological polar surface area (TPSA) is 115 Å². The van der Waals surface area contributed by atoms with Crippen molar-refractivity contribution in [3.63, 3.8) is 0 Å². The maximum atomic E-state index is 10.6. The van der Waals surface area contributed by atoms with Crippen LogP contribution in [0.4, 0.5) is 0 Å². The second-order valence-electron chi connectivity index (χ2n) is 6.02. The summed E-state index contributed by atoms with van der Waals surface area (Å²) in [6.45, 7) is 3.09. The smallest absolute Gasteiger partial charge is 0.335 e. The molecule has 168 valence electrons. The van der Waals surface area contributed by atoms with E-state index in [0.717, 1.165) is 5.56 Å². The summed E-state index contributed by atoms with van der Waals surface area (Å²) in [6.07, 6.45) is 3.39. The summed E-state index contributed by atoms with van der Waals surface area (Å²) in [5.74, 6) is 13.2. The predicted molar refractivity (Wildman–Crippen MR) is 129 cm³/mol. The number of carboxylic acids is 2. The first-order valence-corrected chi connectivity index (χ1v) is 10.0. The number of benzene rings is 2. The average Bonchev–Trinajstić information content (AvgIpc) is 2.78. The second-order valence-corrected chi connectivity index (χ2v) is 6.42. The van der Waals surface area contributed by atoms with Crippen molar-refractivity contribution in [3.05, 3.63) is 70.8 Å². The van der Waals surface area contributed by atoms with E-state index in [0.29, 0.717) is 5.56 Å².